The number of hydrogen-bond donors (Lipinski definition) is 1. The van der Waals surface area contributed by atoms with Crippen LogP contribution in [0.25, 0.3) is 0 Å². The van der Waals surface area contributed by atoms with Gasteiger partial charge in [0.15, 0.2) is 0 Å². The van der Waals surface area contributed by atoms with Gasteiger partial charge in [-0.1, -0.05) is 25.4 Å². The van der Waals surface area contributed by atoms with Crippen LogP contribution < -0.4 is 5.32 Å². The van der Waals surface area contributed by atoms with Gasteiger partial charge in [0.2, 0.25) is 0 Å². The summed E-state index contributed by atoms with van der Waals surface area (Å²) in [5.74, 6) is 0.288. The molecule has 0 aliphatic carbocycles. The molecule has 0 aromatic carbocycles. The average molecular weight is 295 g/mol. The molecule has 1 aromatic heterocycles. The first-order valence-electron chi connectivity index (χ1n) is 4.92. The van der Waals surface area contributed by atoms with E-state index in [1.807, 2.05) is 13.8 Å². The molecule has 5 nitrogen and oxygen atoms in total. The summed E-state index contributed by atoms with van der Waals surface area (Å²) in [6.45, 7) is 4.33. The number of amidine groups is 1. The maximum Gasteiger partial charge on any atom is 0.306 e. The van der Waals surface area contributed by atoms with E-state index in [0.717, 1.165) is 11.3 Å². The standard InChI is InChI=1S/C9H11ClN2O3S2/c1-5(2)4-15-9-11-8-6(3-7(10)16-8)17(13,14)12-9/h3,5H,4H2,1-2H3,(H,11,12). The molecule has 1 aliphatic heterocycles. The first kappa shape index (κ1) is 12.7. The predicted octanol–water partition coefficient (Wildman–Crippen LogP) is 2.54. The molecule has 0 saturated carbocycles. The van der Waals surface area contributed by atoms with Crippen molar-refractivity contribution in [2.24, 2.45) is 10.3 Å². The molecule has 0 spiro atoms. The lowest BCUT2D eigenvalue weighted by Gasteiger charge is -2.16. The second-order valence-corrected chi connectivity index (χ2v) is 7.20. The summed E-state index contributed by atoms with van der Waals surface area (Å²) in [4.78, 5) is 0.101. The molecule has 0 unspecified atom stereocenters. The molecule has 0 fully saturated rings. The first-order valence-corrected chi connectivity index (χ1v) is 7.56. The van der Waals surface area contributed by atoms with Crippen molar-refractivity contribution in [1.29, 1.82) is 0 Å². The van der Waals surface area contributed by atoms with E-state index in [4.69, 9.17) is 16.3 Å². The van der Waals surface area contributed by atoms with E-state index in [2.05, 4.69) is 9.71 Å². The summed E-state index contributed by atoms with van der Waals surface area (Å²) in [7, 11) is -3.69. The third-order valence-corrected chi connectivity index (χ3v) is 4.52. The van der Waals surface area contributed by atoms with Crippen LogP contribution in [0.15, 0.2) is 15.4 Å². The zero-order valence-corrected chi connectivity index (χ0v) is 11.6. The van der Waals surface area contributed by atoms with Gasteiger partial charge in [0.05, 0.1) is 10.9 Å². The van der Waals surface area contributed by atoms with E-state index in [1.165, 1.54) is 6.07 Å². The zero-order valence-electron chi connectivity index (χ0n) is 9.23. The number of anilines is 1. The van der Waals surface area contributed by atoms with E-state index < -0.39 is 10.0 Å². The molecule has 8 heteroatoms. The zero-order chi connectivity index (χ0) is 12.6. The van der Waals surface area contributed by atoms with Crippen molar-refractivity contribution < 1.29 is 13.2 Å². The molecule has 1 N–H and O–H groups in total. The molecule has 17 heavy (non-hydrogen) atoms. The van der Waals surface area contributed by atoms with Crippen molar-refractivity contribution in [3.8, 4) is 0 Å². The molecule has 1 aliphatic rings. The van der Waals surface area contributed by atoms with Crippen LogP contribution in [0.3, 0.4) is 0 Å². The Hall–Kier alpha value is -0.790. The van der Waals surface area contributed by atoms with E-state index in [0.29, 0.717) is 15.9 Å². The Morgan fingerprint density at radius 3 is 2.94 bits per heavy atom. The van der Waals surface area contributed by atoms with Crippen LogP contribution in [-0.2, 0) is 14.8 Å². The Balaban J connectivity index is 2.28. The smallest absolute Gasteiger partial charge is 0.306 e. The van der Waals surface area contributed by atoms with Gasteiger partial charge in [-0.15, -0.1) is 15.7 Å². The summed E-state index contributed by atoms with van der Waals surface area (Å²) in [6, 6.07) is 1.39. The highest BCUT2D eigenvalue weighted by Gasteiger charge is 2.28. The lowest BCUT2D eigenvalue weighted by molar-refractivity contribution is 0.258. The van der Waals surface area contributed by atoms with Gasteiger partial charge >= 0.3 is 6.02 Å². The molecule has 1 aromatic rings. The van der Waals surface area contributed by atoms with E-state index in [1.54, 1.807) is 0 Å². The van der Waals surface area contributed by atoms with Gasteiger partial charge in [-0.2, -0.15) is 8.42 Å². The maximum absolute atomic E-state index is 11.8. The predicted molar refractivity (Wildman–Crippen MR) is 68.4 cm³/mol. The third kappa shape index (κ3) is 2.72. The number of sulfonamides is 1. The quantitative estimate of drug-likeness (QED) is 0.910. The average Bonchev–Trinajstić information content (AvgIpc) is 2.56. The first-order chi connectivity index (χ1) is 7.88. The minimum Gasteiger partial charge on any atom is -0.464 e. The third-order valence-electron chi connectivity index (χ3n) is 1.92. The van der Waals surface area contributed by atoms with E-state index in [9.17, 15) is 8.42 Å². The summed E-state index contributed by atoms with van der Waals surface area (Å²) in [5.41, 5.74) is 0. The van der Waals surface area contributed by atoms with Gasteiger partial charge in [-0.05, 0) is 12.0 Å². The van der Waals surface area contributed by atoms with Gasteiger partial charge in [0.1, 0.15) is 9.90 Å². The summed E-state index contributed by atoms with van der Waals surface area (Å²) < 4.78 is 32.8. The summed E-state index contributed by atoms with van der Waals surface area (Å²) >= 11 is 6.92. The van der Waals surface area contributed by atoms with Crippen LogP contribution in [0.4, 0.5) is 5.00 Å². The highest BCUT2D eigenvalue weighted by atomic mass is 35.5. The van der Waals surface area contributed by atoms with Crippen LogP contribution in [0.5, 0.6) is 0 Å². The largest absolute Gasteiger partial charge is 0.464 e. The number of nitrogens with zero attached hydrogens (tertiary/aromatic N) is 1. The lowest BCUT2D eigenvalue weighted by atomic mass is 10.2. The molecule has 2 heterocycles. The Labute approximate surface area is 109 Å². The Bertz CT molecular complexity index is 563. The number of nitrogens with one attached hydrogen (secondary N) is 1. The maximum atomic E-state index is 11.8. The molecule has 0 amide bonds. The number of hydrogen-bond acceptors (Lipinski definition) is 5. The van der Waals surface area contributed by atoms with Crippen LogP contribution in [0, 0.1) is 5.92 Å². The van der Waals surface area contributed by atoms with E-state index >= 15 is 0 Å². The number of thiophene rings is 1. The Morgan fingerprint density at radius 2 is 2.29 bits per heavy atom. The number of ether oxygens (including phenoxy) is 1. The SMILES string of the molecule is CC(C)COC1=NS(=O)(=O)c2cc(Cl)sc2N1. The second-order valence-electron chi connectivity index (χ2n) is 3.95. The molecule has 2 rings (SSSR count). The highest BCUT2D eigenvalue weighted by molar-refractivity contribution is 7.90. The van der Waals surface area contributed by atoms with Gasteiger partial charge in [0, 0.05) is 0 Å². The normalized spacial score (nSPS) is 17.3. The van der Waals surface area contributed by atoms with Gasteiger partial charge in [0.25, 0.3) is 10.0 Å². The van der Waals surface area contributed by atoms with Crippen molar-refractivity contribution in [2.45, 2.75) is 18.7 Å². The highest BCUT2D eigenvalue weighted by Crippen LogP contribution is 2.38. The monoisotopic (exact) mass is 294 g/mol. The molecular weight excluding hydrogens is 284 g/mol. The molecule has 0 saturated heterocycles. The van der Waals surface area contributed by atoms with Crippen molar-refractivity contribution in [2.75, 3.05) is 11.9 Å². The molecule has 0 radical (unpaired) electrons. The van der Waals surface area contributed by atoms with Crippen molar-refractivity contribution in [3.63, 3.8) is 0 Å². The summed E-state index contributed by atoms with van der Waals surface area (Å²) in [6.07, 6.45) is 0. The van der Waals surface area contributed by atoms with Crippen molar-refractivity contribution >= 4 is 44.0 Å². The van der Waals surface area contributed by atoms with Gasteiger partial charge in [-0.25, -0.2) is 0 Å². The van der Waals surface area contributed by atoms with Crippen LogP contribution in [0.1, 0.15) is 13.8 Å². The van der Waals surface area contributed by atoms with Crippen molar-refractivity contribution in [1.82, 2.24) is 0 Å². The number of fused-ring (bicyclic) bond motifs is 1. The van der Waals surface area contributed by atoms with Crippen molar-refractivity contribution in [3.05, 3.63) is 10.4 Å². The van der Waals surface area contributed by atoms with Gasteiger partial charge < -0.3 is 4.74 Å². The summed E-state index contributed by atoms with van der Waals surface area (Å²) in [5, 5.41) is 3.26. The van der Waals surface area contributed by atoms with Crippen LogP contribution >= 0.6 is 22.9 Å². The van der Waals surface area contributed by atoms with E-state index in [-0.39, 0.29) is 16.8 Å². The lowest BCUT2D eigenvalue weighted by Crippen LogP contribution is -2.24. The Morgan fingerprint density at radius 1 is 1.59 bits per heavy atom. The molecule has 94 valence electrons. The topological polar surface area (TPSA) is 67.8 Å². The minimum atomic E-state index is -3.69. The second kappa shape index (κ2) is 4.47. The van der Waals surface area contributed by atoms with Crippen LogP contribution in [-0.4, -0.2) is 21.0 Å². The fourth-order valence-corrected chi connectivity index (χ4v) is 3.77. The fraction of sp³-hybridized carbons (Fsp3) is 0.444. The van der Waals surface area contributed by atoms with Crippen LogP contribution in [0.2, 0.25) is 4.34 Å². The number of halogens is 1. The minimum absolute atomic E-state index is 0.00437. The molecule has 0 atom stereocenters. The molecule has 0 bridgehead atoms. The van der Waals surface area contributed by atoms with Gasteiger partial charge in [-0.3, -0.25) is 5.32 Å². The number of rotatable bonds is 2. The Kier molecular flexibility index (Phi) is 3.33. The fourth-order valence-electron chi connectivity index (χ4n) is 1.21. The molecular formula is C9H11ClN2O3S2.